The third kappa shape index (κ3) is 4.83. The van der Waals surface area contributed by atoms with Gasteiger partial charge in [0.2, 0.25) is 11.8 Å². The van der Waals surface area contributed by atoms with Crippen LogP contribution in [0.5, 0.6) is 0 Å². The van der Waals surface area contributed by atoms with E-state index in [-0.39, 0.29) is 11.8 Å². The Kier molecular flexibility index (Phi) is 5.43. The van der Waals surface area contributed by atoms with Gasteiger partial charge in [-0.25, -0.2) is 0 Å². The molecule has 1 N–H and O–H groups in total. The van der Waals surface area contributed by atoms with Gasteiger partial charge >= 0.3 is 0 Å². The molecule has 1 aliphatic heterocycles. The van der Waals surface area contributed by atoms with E-state index in [1.165, 1.54) is 0 Å². The molecule has 1 saturated heterocycles. The molecule has 0 unspecified atom stereocenters. The molecule has 0 bridgehead atoms. The summed E-state index contributed by atoms with van der Waals surface area (Å²) >= 11 is 0. The molecule has 0 aromatic rings. The fraction of sp³-hybridized carbons (Fsp3) is 0.727. The molecule has 1 fully saturated rings. The molecule has 0 atom stereocenters. The minimum absolute atomic E-state index is 0.00500. The highest BCUT2D eigenvalue weighted by atomic mass is 16.2. The minimum Gasteiger partial charge on any atom is -0.355 e. The molecule has 0 spiro atoms. The van der Waals surface area contributed by atoms with E-state index in [4.69, 9.17) is 5.26 Å². The van der Waals surface area contributed by atoms with Gasteiger partial charge in [0.1, 0.15) is 0 Å². The topological polar surface area (TPSA) is 76.4 Å². The molecule has 6 nitrogen and oxygen atoms in total. The van der Waals surface area contributed by atoms with Gasteiger partial charge in [0.25, 0.3) is 0 Å². The first-order valence-corrected chi connectivity index (χ1v) is 5.73. The standard InChI is InChI=1S/C11H18N4O2/c1-14(6-2-4-12)11(17)9-15-7-3-10(16)13-5-8-15/h2-3,5-9H2,1H3,(H,13,16). The summed E-state index contributed by atoms with van der Waals surface area (Å²) in [5, 5.41) is 11.2. The van der Waals surface area contributed by atoms with E-state index in [1.807, 2.05) is 11.0 Å². The lowest BCUT2D eigenvalue weighted by Crippen LogP contribution is -2.40. The van der Waals surface area contributed by atoms with Crippen molar-refractivity contribution in [3.63, 3.8) is 0 Å². The van der Waals surface area contributed by atoms with Crippen molar-refractivity contribution in [1.29, 1.82) is 5.26 Å². The van der Waals surface area contributed by atoms with E-state index in [2.05, 4.69) is 5.32 Å². The Hall–Kier alpha value is -1.61. The minimum atomic E-state index is -0.00500. The Morgan fingerprint density at radius 1 is 1.59 bits per heavy atom. The number of amides is 2. The van der Waals surface area contributed by atoms with Gasteiger partial charge in [0, 0.05) is 39.6 Å². The highest BCUT2D eigenvalue weighted by Gasteiger charge is 2.17. The van der Waals surface area contributed by atoms with Gasteiger partial charge < -0.3 is 10.2 Å². The quantitative estimate of drug-likeness (QED) is 0.694. The van der Waals surface area contributed by atoms with E-state index in [0.717, 1.165) is 0 Å². The number of carbonyl (C=O) groups is 2. The van der Waals surface area contributed by atoms with Crippen LogP contribution in [0.15, 0.2) is 0 Å². The third-order valence-electron chi connectivity index (χ3n) is 2.75. The van der Waals surface area contributed by atoms with Gasteiger partial charge in [-0.05, 0) is 0 Å². The second-order valence-corrected chi connectivity index (χ2v) is 4.10. The second kappa shape index (κ2) is 6.86. The van der Waals surface area contributed by atoms with Crippen LogP contribution < -0.4 is 5.32 Å². The largest absolute Gasteiger partial charge is 0.355 e. The van der Waals surface area contributed by atoms with Gasteiger partial charge in [0.05, 0.1) is 19.0 Å². The van der Waals surface area contributed by atoms with Crippen molar-refractivity contribution in [3.8, 4) is 6.07 Å². The first kappa shape index (κ1) is 13.5. The van der Waals surface area contributed by atoms with Crippen molar-refractivity contribution in [2.45, 2.75) is 12.8 Å². The molecule has 1 aliphatic rings. The monoisotopic (exact) mass is 238 g/mol. The average Bonchev–Trinajstić information content (AvgIpc) is 2.51. The molecule has 0 saturated carbocycles. The van der Waals surface area contributed by atoms with Crippen LogP contribution in [0.1, 0.15) is 12.8 Å². The lowest BCUT2D eigenvalue weighted by Gasteiger charge is -2.22. The molecule has 6 heteroatoms. The van der Waals surface area contributed by atoms with Crippen LogP contribution in [0, 0.1) is 11.3 Å². The first-order valence-electron chi connectivity index (χ1n) is 5.73. The summed E-state index contributed by atoms with van der Waals surface area (Å²) in [7, 11) is 1.70. The molecule has 0 aromatic carbocycles. The van der Waals surface area contributed by atoms with E-state index in [1.54, 1.807) is 11.9 Å². The predicted molar refractivity (Wildman–Crippen MR) is 61.9 cm³/mol. The Bertz CT molecular complexity index is 324. The SMILES string of the molecule is CN(CCC#N)C(=O)CN1CCNC(=O)CC1. The van der Waals surface area contributed by atoms with Crippen LogP contribution in [-0.2, 0) is 9.59 Å². The van der Waals surface area contributed by atoms with Crippen molar-refractivity contribution in [2.24, 2.45) is 0 Å². The molecule has 0 radical (unpaired) electrons. The summed E-state index contributed by atoms with van der Waals surface area (Å²) in [4.78, 5) is 26.4. The zero-order chi connectivity index (χ0) is 12.7. The number of hydrogen-bond donors (Lipinski definition) is 1. The highest BCUT2D eigenvalue weighted by molar-refractivity contribution is 5.79. The maximum Gasteiger partial charge on any atom is 0.236 e. The molecule has 94 valence electrons. The summed E-state index contributed by atoms with van der Waals surface area (Å²) in [5.41, 5.74) is 0. The Labute approximate surface area is 101 Å². The van der Waals surface area contributed by atoms with E-state index < -0.39 is 0 Å². The maximum absolute atomic E-state index is 11.8. The Morgan fingerprint density at radius 3 is 3.06 bits per heavy atom. The van der Waals surface area contributed by atoms with Crippen LogP contribution in [0.2, 0.25) is 0 Å². The van der Waals surface area contributed by atoms with E-state index >= 15 is 0 Å². The number of nitriles is 1. The van der Waals surface area contributed by atoms with Crippen molar-refractivity contribution in [2.75, 3.05) is 39.8 Å². The summed E-state index contributed by atoms with van der Waals surface area (Å²) in [6.45, 7) is 2.68. The number of carbonyl (C=O) groups excluding carboxylic acids is 2. The summed E-state index contributed by atoms with van der Waals surface area (Å²) in [6.07, 6.45) is 0.789. The van der Waals surface area contributed by atoms with Crippen molar-refractivity contribution < 1.29 is 9.59 Å². The number of likely N-dealkylation sites (N-methyl/N-ethyl adjacent to an activating group) is 1. The van der Waals surface area contributed by atoms with Gasteiger partial charge in [-0.15, -0.1) is 0 Å². The molecule has 1 rings (SSSR count). The van der Waals surface area contributed by atoms with Gasteiger partial charge in [-0.3, -0.25) is 14.5 Å². The first-order chi connectivity index (χ1) is 8.13. The number of nitrogens with one attached hydrogen (secondary N) is 1. The van der Waals surface area contributed by atoms with Crippen LogP contribution in [-0.4, -0.2) is 61.4 Å². The maximum atomic E-state index is 11.8. The molecule has 1 heterocycles. The van der Waals surface area contributed by atoms with Gasteiger partial charge in [0.15, 0.2) is 0 Å². The Morgan fingerprint density at radius 2 is 2.35 bits per heavy atom. The number of nitrogens with zero attached hydrogens (tertiary/aromatic N) is 3. The number of hydrogen-bond acceptors (Lipinski definition) is 4. The summed E-state index contributed by atoms with van der Waals surface area (Å²) < 4.78 is 0. The lowest BCUT2D eigenvalue weighted by atomic mass is 10.3. The van der Waals surface area contributed by atoms with E-state index in [0.29, 0.717) is 45.6 Å². The molecule has 0 aromatic heterocycles. The van der Waals surface area contributed by atoms with Crippen molar-refractivity contribution in [3.05, 3.63) is 0 Å². The molecule has 2 amide bonds. The Balaban J connectivity index is 2.34. The van der Waals surface area contributed by atoms with Gasteiger partial charge in [-0.1, -0.05) is 0 Å². The fourth-order valence-electron chi connectivity index (χ4n) is 1.63. The number of rotatable bonds is 4. The zero-order valence-electron chi connectivity index (χ0n) is 10.1. The normalized spacial score (nSPS) is 16.8. The fourth-order valence-corrected chi connectivity index (χ4v) is 1.63. The van der Waals surface area contributed by atoms with Crippen LogP contribution in [0.4, 0.5) is 0 Å². The molecule has 0 aliphatic carbocycles. The van der Waals surface area contributed by atoms with E-state index in [9.17, 15) is 9.59 Å². The summed E-state index contributed by atoms with van der Waals surface area (Å²) in [5.74, 6) is 0.0346. The van der Waals surface area contributed by atoms with Crippen LogP contribution in [0.25, 0.3) is 0 Å². The van der Waals surface area contributed by atoms with Crippen LogP contribution >= 0.6 is 0 Å². The van der Waals surface area contributed by atoms with Crippen LogP contribution in [0.3, 0.4) is 0 Å². The summed E-state index contributed by atoms with van der Waals surface area (Å²) in [6, 6.07) is 2.01. The van der Waals surface area contributed by atoms with Crippen molar-refractivity contribution in [1.82, 2.24) is 15.1 Å². The second-order valence-electron chi connectivity index (χ2n) is 4.10. The molecular formula is C11H18N4O2. The van der Waals surface area contributed by atoms with Gasteiger partial charge in [-0.2, -0.15) is 5.26 Å². The zero-order valence-corrected chi connectivity index (χ0v) is 10.1. The average molecular weight is 238 g/mol. The van der Waals surface area contributed by atoms with Crippen molar-refractivity contribution >= 4 is 11.8 Å². The highest BCUT2D eigenvalue weighted by Crippen LogP contribution is 1.98. The smallest absolute Gasteiger partial charge is 0.236 e. The predicted octanol–water partition coefficient (Wildman–Crippen LogP) is -0.820. The molecular weight excluding hydrogens is 220 g/mol. The lowest BCUT2D eigenvalue weighted by molar-refractivity contribution is -0.131. The third-order valence-corrected chi connectivity index (χ3v) is 2.75. The molecule has 17 heavy (non-hydrogen) atoms.